The van der Waals surface area contributed by atoms with E-state index in [1.54, 1.807) is 24.3 Å². The van der Waals surface area contributed by atoms with E-state index in [2.05, 4.69) is 29.8 Å². The Labute approximate surface area is 223 Å². The first kappa shape index (κ1) is 28.3. The van der Waals surface area contributed by atoms with E-state index in [0.717, 1.165) is 5.56 Å². The van der Waals surface area contributed by atoms with Gasteiger partial charge >= 0.3 is 0 Å². The number of ether oxygens (including phenoxy) is 1. The van der Waals surface area contributed by atoms with Crippen molar-refractivity contribution in [3.05, 3.63) is 58.6 Å². The number of hydrogen-bond donors (Lipinski definition) is 4. The van der Waals surface area contributed by atoms with Gasteiger partial charge in [0.15, 0.2) is 0 Å². The molecule has 0 aromatic heterocycles. The maximum Gasteiger partial charge on any atom is 0.255 e. The highest BCUT2D eigenvalue weighted by atomic mass is 35.5. The fourth-order valence-corrected chi connectivity index (χ4v) is 4.47. The zero-order valence-corrected chi connectivity index (χ0v) is 22.5. The van der Waals surface area contributed by atoms with Crippen molar-refractivity contribution in [2.75, 3.05) is 6.61 Å². The maximum atomic E-state index is 13.5. The monoisotopic (exact) mass is 529 g/mol. The Kier molecular flexibility index (Phi) is 9.80. The van der Waals surface area contributed by atoms with E-state index in [1.165, 1.54) is 18.2 Å². The van der Waals surface area contributed by atoms with Crippen molar-refractivity contribution < 1.29 is 24.2 Å². The van der Waals surface area contributed by atoms with Crippen molar-refractivity contribution in [3.8, 4) is 11.5 Å². The molecule has 8 nitrogen and oxygen atoms in total. The number of carbonyl (C=O) groups excluding carboxylic acids is 3. The van der Waals surface area contributed by atoms with Crippen LogP contribution in [-0.2, 0) is 16.0 Å². The Morgan fingerprint density at radius 3 is 2.35 bits per heavy atom. The molecular weight excluding hydrogens is 494 g/mol. The average molecular weight is 530 g/mol. The van der Waals surface area contributed by atoms with Crippen LogP contribution in [0.2, 0.25) is 5.02 Å². The number of benzene rings is 2. The van der Waals surface area contributed by atoms with Gasteiger partial charge in [-0.3, -0.25) is 14.4 Å². The summed E-state index contributed by atoms with van der Waals surface area (Å²) in [7, 11) is 0. The van der Waals surface area contributed by atoms with Gasteiger partial charge in [0.2, 0.25) is 11.8 Å². The number of hydrogen-bond acceptors (Lipinski definition) is 5. The highest BCUT2D eigenvalue weighted by Crippen LogP contribution is 2.24. The molecule has 0 aliphatic carbocycles. The predicted octanol–water partition coefficient (Wildman–Crippen LogP) is 3.84. The highest BCUT2D eigenvalue weighted by molar-refractivity contribution is 6.31. The number of phenols is 1. The van der Waals surface area contributed by atoms with E-state index < -0.39 is 23.9 Å². The molecule has 1 aliphatic rings. The fourth-order valence-electron chi connectivity index (χ4n) is 4.29. The summed E-state index contributed by atoms with van der Waals surface area (Å²) in [6, 6.07) is 9.03. The van der Waals surface area contributed by atoms with E-state index in [0.29, 0.717) is 23.6 Å². The maximum absolute atomic E-state index is 13.5. The first-order valence-corrected chi connectivity index (χ1v) is 13.1. The van der Waals surface area contributed by atoms with Gasteiger partial charge in [-0.25, -0.2) is 0 Å². The molecule has 1 heterocycles. The Morgan fingerprint density at radius 1 is 1.00 bits per heavy atom. The molecule has 4 N–H and O–H groups in total. The van der Waals surface area contributed by atoms with Gasteiger partial charge in [-0.2, -0.15) is 0 Å². The van der Waals surface area contributed by atoms with Crippen molar-refractivity contribution in [1.29, 1.82) is 0 Å². The Balaban J connectivity index is 2.02. The standard InChI is InChI=1S/C28H36ClN3O5/c1-5-17(4)25-28(36)30-20(12-16(2)3)15-37-24-11-8-19(29)14-22(24)26(34)31-23(27(35)32-25)13-18-6-9-21(33)10-7-18/h6-11,14,16-17,20,23,25,33H,5,12-13,15H2,1-4H3,(H,30,36)(H,31,34)(H,32,35)/t17?,20-,23+,25+/m1/s1. The topological polar surface area (TPSA) is 117 Å². The number of fused-ring (bicyclic) bond motifs is 1. The first-order chi connectivity index (χ1) is 17.6. The lowest BCUT2D eigenvalue weighted by Gasteiger charge is -2.28. The lowest BCUT2D eigenvalue weighted by molar-refractivity contribution is -0.131. The second kappa shape index (κ2) is 12.8. The minimum atomic E-state index is -0.990. The molecule has 37 heavy (non-hydrogen) atoms. The van der Waals surface area contributed by atoms with E-state index >= 15 is 0 Å². The molecular formula is C28H36ClN3O5. The van der Waals surface area contributed by atoms with Crippen LogP contribution < -0.4 is 20.7 Å². The lowest BCUT2D eigenvalue weighted by Crippen LogP contribution is -2.57. The third kappa shape index (κ3) is 7.86. The van der Waals surface area contributed by atoms with Crippen LogP contribution in [0.3, 0.4) is 0 Å². The number of halogens is 1. The summed E-state index contributed by atoms with van der Waals surface area (Å²) in [4.78, 5) is 40.3. The van der Waals surface area contributed by atoms with Gasteiger partial charge in [-0.05, 0) is 54.2 Å². The quantitative estimate of drug-likeness (QED) is 0.453. The molecule has 200 valence electrons. The number of aromatic hydroxyl groups is 1. The summed E-state index contributed by atoms with van der Waals surface area (Å²) < 4.78 is 6.04. The van der Waals surface area contributed by atoms with Crippen molar-refractivity contribution in [1.82, 2.24) is 16.0 Å². The molecule has 0 saturated carbocycles. The van der Waals surface area contributed by atoms with Crippen LogP contribution in [0.5, 0.6) is 11.5 Å². The van der Waals surface area contributed by atoms with Crippen LogP contribution in [0.4, 0.5) is 0 Å². The van der Waals surface area contributed by atoms with Gasteiger partial charge in [0, 0.05) is 11.4 Å². The summed E-state index contributed by atoms with van der Waals surface area (Å²) in [6.45, 7) is 8.12. The van der Waals surface area contributed by atoms with E-state index in [-0.39, 0.29) is 48.1 Å². The highest BCUT2D eigenvalue weighted by Gasteiger charge is 2.32. The molecule has 3 amide bonds. The SMILES string of the molecule is CCC(C)[C@@H]1NC(=O)[C@H](Cc2ccc(O)cc2)NC(=O)c2cc(Cl)ccc2OC[C@@H](CC(C)C)NC1=O. The van der Waals surface area contributed by atoms with E-state index in [1.807, 2.05) is 13.8 Å². The smallest absolute Gasteiger partial charge is 0.255 e. The molecule has 0 spiro atoms. The van der Waals surface area contributed by atoms with Crippen LogP contribution in [0.15, 0.2) is 42.5 Å². The number of amides is 3. The minimum absolute atomic E-state index is 0.0948. The molecule has 0 fully saturated rings. The first-order valence-electron chi connectivity index (χ1n) is 12.7. The molecule has 0 radical (unpaired) electrons. The summed E-state index contributed by atoms with van der Waals surface area (Å²) in [6.07, 6.45) is 1.48. The van der Waals surface area contributed by atoms with Crippen LogP contribution in [-0.4, -0.2) is 47.6 Å². The van der Waals surface area contributed by atoms with E-state index in [9.17, 15) is 19.5 Å². The number of phenolic OH excluding ortho intramolecular Hbond substituents is 1. The Bertz CT molecular complexity index is 1110. The van der Waals surface area contributed by atoms with Gasteiger partial charge in [-0.1, -0.05) is 57.8 Å². The lowest BCUT2D eigenvalue weighted by atomic mass is 9.96. The predicted molar refractivity (Wildman–Crippen MR) is 143 cm³/mol. The molecule has 0 bridgehead atoms. The van der Waals surface area contributed by atoms with Crippen LogP contribution in [0.25, 0.3) is 0 Å². The molecule has 9 heteroatoms. The normalized spacial score (nSPS) is 21.8. The zero-order valence-electron chi connectivity index (χ0n) is 21.7. The van der Waals surface area contributed by atoms with Crippen LogP contribution in [0, 0.1) is 11.8 Å². The summed E-state index contributed by atoms with van der Waals surface area (Å²) in [5.74, 6) is -0.743. The van der Waals surface area contributed by atoms with Gasteiger partial charge in [0.1, 0.15) is 30.2 Å². The summed E-state index contributed by atoms with van der Waals surface area (Å²) in [5, 5.41) is 18.7. The molecule has 3 rings (SSSR count). The zero-order chi connectivity index (χ0) is 27.1. The molecule has 0 saturated heterocycles. The molecule has 1 aliphatic heterocycles. The van der Waals surface area contributed by atoms with Crippen molar-refractivity contribution in [2.24, 2.45) is 11.8 Å². The third-order valence-corrected chi connectivity index (χ3v) is 6.75. The molecule has 2 aromatic carbocycles. The van der Waals surface area contributed by atoms with Crippen molar-refractivity contribution >= 4 is 29.3 Å². The Morgan fingerprint density at radius 2 is 1.70 bits per heavy atom. The van der Waals surface area contributed by atoms with Gasteiger partial charge < -0.3 is 25.8 Å². The summed E-state index contributed by atoms with van der Waals surface area (Å²) in [5.41, 5.74) is 0.926. The van der Waals surface area contributed by atoms with E-state index in [4.69, 9.17) is 16.3 Å². The molecule has 1 unspecified atom stereocenters. The van der Waals surface area contributed by atoms with Crippen LogP contribution >= 0.6 is 11.6 Å². The van der Waals surface area contributed by atoms with Crippen LogP contribution in [0.1, 0.15) is 56.5 Å². The third-order valence-electron chi connectivity index (χ3n) is 6.52. The molecule has 4 atom stereocenters. The second-order valence-corrected chi connectivity index (χ2v) is 10.5. The average Bonchev–Trinajstić information content (AvgIpc) is 2.86. The Hall–Kier alpha value is -3.26. The number of rotatable bonds is 6. The van der Waals surface area contributed by atoms with Gasteiger partial charge in [-0.15, -0.1) is 0 Å². The minimum Gasteiger partial charge on any atom is -0.508 e. The van der Waals surface area contributed by atoms with Gasteiger partial charge in [0.25, 0.3) is 5.91 Å². The fraction of sp³-hybridized carbons (Fsp3) is 0.464. The van der Waals surface area contributed by atoms with Crippen molar-refractivity contribution in [2.45, 2.75) is 65.1 Å². The molecule has 2 aromatic rings. The summed E-state index contributed by atoms with van der Waals surface area (Å²) >= 11 is 6.19. The van der Waals surface area contributed by atoms with Gasteiger partial charge in [0.05, 0.1) is 11.6 Å². The number of nitrogens with one attached hydrogen (secondary N) is 3. The second-order valence-electron chi connectivity index (χ2n) is 10.1. The number of carbonyl (C=O) groups is 3. The largest absolute Gasteiger partial charge is 0.508 e. The van der Waals surface area contributed by atoms with Crippen molar-refractivity contribution in [3.63, 3.8) is 0 Å².